The van der Waals surface area contributed by atoms with Crippen LogP contribution in [0.4, 0.5) is 0 Å². The van der Waals surface area contributed by atoms with Gasteiger partial charge in [0.2, 0.25) is 0 Å². The van der Waals surface area contributed by atoms with E-state index < -0.39 is 18.7 Å². The summed E-state index contributed by atoms with van der Waals surface area (Å²) in [6.45, 7) is 6.25. The normalized spacial score (nSPS) is 12.7. The first-order chi connectivity index (χ1) is 23.9. The highest BCUT2D eigenvalue weighted by molar-refractivity contribution is 5.90. The predicted molar refractivity (Wildman–Crippen MR) is 205 cm³/mol. The van der Waals surface area contributed by atoms with Gasteiger partial charge in [-0.25, -0.2) is 0 Å². The van der Waals surface area contributed by atoms with Crippen molar-refractivity contribution in [3.05, 3.63) is 48.6 Å². The molecule has 0 aromatic carbocycles. The molecule has 0 saturated heterocycles. The van der Waals surface area contributed by atoms with Crippen molar-refractivity contribution in [3.8, 4) is 0 Å². The van der Waals surface area contributed by atoms with Crippen LogP contribution in [0.15, 0.2) is 48.6 Å². The quantitative estimate of drug-likeness (QED) is 0.0235. The highest BCUT2D eigenvalue weighted by Gasteiger charge is 2.16. The van der Waals surface area contributed by atoms with Gasteiger partial charge in [0, 0.05) is 19.3 Å². The Morgan fingerprint density at radius 2 is 1.14 bits per heavy atom. The van der Waals surface area contributed by atoms with Crippen LogP contribution in [-0.4, -0.2) is 42.1 Å². The minimum Gasteiger partial charge on any atom is -0.462 e. The zero-order valence-electron chi connectivity index (χ0n) is 31.9. The van der Waals surface area contributed by atoms with Crippen LogP contribution in [0.25, 0.3) is 0 Å². The molecular formula is C43H74O6. The monoisotopic (exact) mass is 687 g/mol. The third-order valence-electron chi connectivity index (χ3n) is 8.53. The second-order valence-electron chi connectivity index (χ2n) is 13.9. The van der Waals surface area contributed by atoms with Gasteiger partial charge in [0.1, 0.15) is 6.61 Å². The molecule has 0 saturated carbocycles. The fraction of sp³-hybridized carbons (Fsp3) is 0.744. The molecule has 6 heteroatoms. The van der Waals surface area contributed by atoms with Gasteiger partial charge in [0.15, 0.2) is 11.9 Å². The largest absolute Gasteiger partial charge is 0.462 e. The molecule has 282 valence electrons. The molecule has 49 heavy (non-hydrogen) atoms. The van der Waals surface area contributed by atoms with Gasteiger partial charge < -0.3 is 14.6 Å². The molecule has 1 atom stereocenters. The van der Waals surface area contributed by atoms with Crippen LogP contribution in [0.5, 0.6) is 0 Å². The summed E-state index contributed by atoms with van der Waals surface area (Å²) >= 11 is 0. The van der Waals surface area contributed by atoms with Gasteiger partial charge in [-0.2, -0.15) is 0 Å². The highest BCUT2D eigenvalue weighted by Crippen LogP contribution is 2.15. The summed E-state index contributed by atoms with van der Waals surface area (Å²) in [5.41, 5.74) is 0. The number of ketones is 1. The molecule has 0 amide bonds. The van der Waals surface area contributed by atoms with E-state index in [2.05, 4.69) is 45.1 Å². The van der Waals surface area contributed by atoms with Crippen molar-refractivity contribution in [2.24, 2.45) is 5.92 Å². The molecule has 0 aliphatic carbocycles. The summed E-state index contributed by atoms with van der Waals surface area (Å²) in [5.74, 6) is -0.0612. The lowest BCUT2D eigenvalue weighted by atomic mass is 10.0. The van der Waals surface area contributed by atoms with E-state index in [9.17, 15) is 19.5 Å². The minimum absolute atomic E-state index is 0.0577. The van der Waals surface area contributed by atoms with Gasteiger partial charge in [0.25, 0.3) is 0 Å². The van der Waals surface area contributed by atoms with Crippen LogP contribution < -0.4 is 0 Å². The Morgan fingerprint density at radius 3 is 1.73 bits per heavy atom. The van der Waals surface area contributed by atoms with Crippen LogP contribution in [0, 0.1) is 5.92 Å². The number of hydrogen-bond donors (Lipinski definition) is 1. The van der Waals surface area contributed by atoms with Crippen LogP contribution in [-0.2, 0) is 23.9 Å². The minimum atomic E-state index is -0.886. The van der Waals surface area contributed by atoms with Crippen molar-refractivity contribution in [1.29, 1.82) is 0 Å². The molecule has 0 spiro atoms. The van der Waals surface area contributed by atoms with Gasteiger partial charge in [-0.05, 0) is 50.5 Å². The lowest BCUT2D eigenvalue weighted by Gasteiger charge is -2.15. The number of carbonyl (C=O) groups excluding carboxylic acids is 3. The van der Waals surface area contributed by atoms with Crippen LogP contribution in [0.1, 0.15) is 181 Å². The van der Waals surface area contributed by atoms with Crippen molar-refractivity contribution >= 4 is 17.7 Å². The topological polar surface area (TPSA) is 89.9 Å². The maximum Gasteiger partial charge on any atom is 0.306 e. The fourth-order valence-corrected chi connectivity index (χ4v) is 5.46. The number of hydrogen-bond acceptors (Lipinski definition) is 6. The van der Waals surface area contributed by atoms with Gasteiger partial charge in [-0.3, -0.25) is 14.4 Å². The Morgan fingerprint density at radius 1 is 0.592 bits per heavy atom. The zero-order chi connectivity index (χ0) is 36.0. The first-order valence-corrected chi connectivity index (χ1v) is 20.0. The highest BCUT2D eigenvalue weighted by atomic mass is 16.6. The van der Waals surface area contributed by atoms with Crippen molar-refractivity contribution in [3.63, 3.8) is 0 Å². The molecule has 0 aliphatic heterocycles. The van der Waals surface area contributed by atoms with E-state index in [1.54, 1.807) is 6.08 Å². The molecule has 0 aliphatic rings. The Labute approximate surface area is 301 Å². The van der Waals surface area contributed by atoms with Crippen molar-refractivity contribution in [1.82, 2.24) is 0 Å². The summed E-state index contributed by atoms with van der Waals surface area (Å²) in [6.07, 6.45) is 41.7. The Kier molecular flexibility index (Phi) is 34.9. The molecular weight excluding hydrogens is 612 g/mol. The summed E-state index contributed by atoms with van der Waals surface area (Å²) in [6, 6.07) is 0. The summed E-state index contributed by atoms with van der Waals surface area (Å²) in [7, 11) is 0. The average Bonchev–Trinajstić information content (AvgIpc) is 3.08. The molecule has 0 rings (SSSR count). The number of rotatable bonds is 35. The average molecular weight is 687 g/mol. The lowest BCUT2D eigenvalue weighted by molar-refractivity contribution is -0.161. The van der Waals surface area contributed by atoms with E-state index in [0.29, 0.717) is 12.8 Å². The Balaban J connectivity index is 3.74. The number of ether oxygens (including phenoxy) is 2. The number of allylic oxidation sites excluding steroid dienone is 8. The first kappa shape index (κ1) is 46.5. The third-order valence-corrected chi connectivity index (χ3v) is 8.53. The van der Waals surface area contributed by atoms with E-state index in [4.69, 9.17) is 9.47 Å². The standard InChI is InChI=1S/C43H74O6/c1-4-5-6-7-8-9-10-13-17-20-23-26-29-33-40(45)34-31-36-43(47)49-41(37-44)38-48-42(46)35-30-27-24-21-18-15-12-11-14-16-19-22-25-28-32-39(2)3/h8-9,13,17,23,26,29,33,39,41,44H,4-7,10-12,14-16,18-22,24-25,27-28,30-32,34-38H2,1-3H3/b9-8-,17-13-,26-23-,33-29+/t41-/m0/s1. The fourth-order valence-electron chi connectivity index (χ4n) is 5.46. The number of unbranched alkanes of at least 4 members (excludes halogenated alkanes) is 16. The van der Waals surface area contributed by atoms with E-state index in [0.717, 1.165) is 44.4 Å². The van der Waals surface area contributed by atoms with Crippen LogP contribution in [0.3, 0.4) is 0 Å². The summed E-state index contributed by atoms with van der Waals surface area (Å²) < 4.78 is 10.5. The van der Waals surface area contributed by atoms with E-state index in [1.165, 1.54) is 102 Å². The number of aliphatic hydroxyl groups excluding tert-OH is 1. The summed E-state index contributed by atoms with van der Waals surface area (Å²) in [4.78, 5) is 36.3. The first-order valence-electron chi connectivity index (χ1n) is 20.0. The molecule has 0 aromatic heterocycles. The van der Waals surface area contributed by atoms with Crippen LogP contribution in [0.2, 0.25) is 0 Å². The predicted octanol–water partition coefficient (Wildman–Crippen LogP) is 11.7. The van der Waals surface area contributed by atoms with Gasteiger partial charge in [0.05, 0.1) is 6.61 Å². The number of esters is 2. The number of aliphatic hydroxyl groups is 1. The molecule has 0 heterocycles. The van der Waals surface area contributed by atoms with E-state index in [-0.39, 0.29) is 31.2 Å². The Hall–Kier alpha value is -2.47. The third kappa shape index (κ3) is 36.6. The smallest absolute Gasteiger partial charge is 0.306 e. The molecule has 1 N–H and O–H groups in total. The van der Waals surface area contributed by atoms with Crippen molar-refractivity contribution < 1.29 is 29.0 Å². The molecule has 0 unspecified atom stereocenters. The Bertz CT molecular complexity index is 900. The molecule has 0 radical (unpaired) electrons. The number of carbonyl (C=O) groups is 3. The van der Waals surface area contributed by atoms with Crippen LogP contribution >= 0.6 is 0 Å². The summed E-state index contributed by atoms with van der Waals surface area (Å²) in [5, 5.41) is 9.54. The zero-order valence-corrected chi connectivity index (χ0v) is 31.9. The second-order valence-corrected chi connectivity index (χ2v) is 13.9. The van der Waals surface area contributed by atoms with E-state index in [1.807, 2.05) is 12.2 Å². The van der Waals surface area contributed by atoms with Crippen molar-refractivity contribution in [2.75, 3.05) is 13.2 Å². The molecule has 0 bridgehead atoms. The van der Waals surface area contributed by atoms with Gasteiger partial charge in [-0.1, -0.05) is 166 Å². The molecule has 6 nitrogen and oxygen atoms in total. The van der Waals surface area contributed by atoms with Crippen molar-refractivity contribution in [2.45, 2.75) is 187 Å². The van der Waals surface area contributed by atoms with E-state index >= 15 is 0 Å². The SMILES string of the molecule is CCCCC/C=C\C/C=C\C/C=C\C=C\C(=O)CCCC(=O)O[C@@H](CO)COC(=O)CCCCCCCCCCCCCCCCC(C)C. The lowest BCUT2D eigenvalue weighted by Crippen LogP contribution is -2.28. The van der Waals surface area contributed by atoms with Gasteiger partial charge >= 0.3 is 11.9 Å². The molecule has 0 aromatic rings. The maximum absolute atomic E-state index is 12.1. The second kappa shape index (κ2) is 36.8. The maximum atomic E-state index is 12.1. The van der Waals surface area contributed by atoms with Gasteiger partial charge in [-0.15, -0.1) is 0 Å². The molecule has 0 fully saturated rings.